The first-order chi connectivity index (χ1) is 5.29. The molecule has 0 aliphatic heterocycles. The van der Waals surface area contributed by atoms with Gasteiger partial charge in [0.05, 0.1) is 0 Å². The van der Waals surface area contributed by atoms with E-state index < -0.39 is 0 Å². The van der Waals surface area contributed by atoms with Crippen LogP contribution in [0.4, 0.5) is 0 Å². The van der Waals surface area contributed by atoms with E-state index in [0.29, 0.717) is 6.04 Å². The van der Waals surface area contributed by atoms with Gasteiger partial charge in [0.1, 0.15) is 0 Å². The summed E-state index contributed by atoms with van der Waals surface area (Å²) in [4.78, 5) is 0. The summed E-state index contributed by atoms with van der Waals surface area (Å²) in [7, 11) is 0. The maximum atomic E-state index is 3.52. The van der Waals surface area contributed by atoms with E-state index in [4.69, 9.17) is 0 Å². The fourth-order valence-corrected chi connectivity index (χ4v) is 1.79. The molecule has 2 heteroatoms. The Morgan fingerprint density at radius 2 is 1.75 bits per heavy atom. The molecule has 1 aliphatic rings. The molecular weight excluding hydrogens is 170 g/mol. The summed E-state index contributed by atoms with van der Waals surface area (Å²) in [5.41, 5.74) is 0. The lowest BCUT2D eigenvalue weighted by atomic mass is 9.89. The summed E-state index contributed by atoms with van der Waals surface area (Å²) >= 11 is 0. The van der Waals surface area contributed by atoms with Gasteiger partial charge in [-0.15, -0.1) is 12.4 Å². The van der Waals surface area contributed by atoms with Gasteiger partial charge in [-0.25, -0.2) is 0 Å². The minimum absolute atomic E-state index is 0. The fourth-order valence-electron chi connectivity index (χ4n) is 1.79. The first-order valence-electron chi connectivity index (χ1n) is 5.02. The summed E-state index contributed by atoms with van der Waals surface area (Å²) in [6.07, 6.45) is 7.31. The van der Waals surface area contributed by atoms with Gasteiger partial charge in [-0.1, -0.05) is 33.1 Å². The van der Waals surface area contributed by atoms with Gasteiger partial charge in [0.2, 0.25) is 0 Å². The van der Waals surface area contributed by atoms with Crippen molar-refractivity contribution in [1.29, 1.82) is 0 Å². The van der Waals surface area contributed by atoms with Crippen LogP contribution in [-0.4, -0.2) is 12.6 Å². The Balaban J connectivity index is 0.00000121. The molecule has 1 rings (SSSR count). The molecule has 12 heavy (non-hydrogen) atoms. The second-order valence-electron chi connectivity index (χ2n) is 4.07. The third kappa shape index (κ3) is 5.00. The lowest BCUT2D eigenvalue weighted by Gasteiger charge is -2.22. The van der Waals surface area contributed by atoms with Crippen LogP contribution in [0.1, 0.15) is 46.0 Å². The van der Waals surface area contributed by atoms with Crippen molar-refractivity contribution in [1.82, 2.24) is 5.32 Å². The maximum absolute atomic E-state index is 3.52. The molecule has 0 radical (unpaired) electrons. The van der Waals surface area contributed by atoms with Gasteiger partial charge in [-0.3, -0.25) is 0 Å². The highest BCUT2D eigenvalue weighted by Gasteiger charge is 2.12. The first-order valence-corrected chi connectivity index (χ1v) is 5.02. The zero-order valence-electron chi connectivity index (χ0n) is 8.31. The Kier molecular flexibility index (Phi) is 6.87. The Hall–Kier alpha value is 0.250. The predicted octanol–water partition coefficient (Wildman–Crippen LogP) is 2.99. The largest absolute Gasteiger partial charge is 0.314 e. The number of rotatable bonds is 3. The normalized spacial score (nSPS) is 19.2. The predicted molar refractivity (Wildman–Crippen MR) is 57.0 cm³/mol. The molecule has 0 heterocycles. The smallest absolute Gasteiger partial charge is 0.00104 e. The van der Waals surface area contributed by atoms with Crippen molar-refractivity contribution in [3.8, 4) is 0 Å². The number of hydrogen-bond donors (Lipinski definition) is 1. The SMILES string of the molecule is CC(C)NCC1CCCCC1.Cl. The van der Waals surface area contributed by atoms with Gasteiger partial charge in [-0.2, -0.15) is 0 Å². The molecule has 0 amide bonds. The van der Waals surface area contributed by atoms with Crippen molar-refractivity contribution in [2.75, 3.05) is 6.54 Å². The summed E-state index contributed by atoms with van der Waals surface area (Å²) < 4.78 is 0. The average molecular weight is 192 g/mol. The van der Waals surface area contributed by atoms with E-state index in [2.05, 4.69) is 19.2 Å². The molecule has 1 N–H and O–H groups in total. The van der Waals surface area contributed by atoms with Gasteiger partial charge in [0.15, 0.2) is 0 Å². The summed E-state index contributed by atoms with van der Waals surface area (Å²) in [6.45, 7) is 5.70. The Bertz CT molecular complexity index is 98.0. The van der Waals surface area contributed by atoms with Crippen molar-refractivity contribution in [3.63, 3.8) is 0 Å². The fraction of sp³-hybridized carbons (Fsp3) is 1.00. The van der Waals surface area contributed by atoms with E-state index in [1.165, 1.54) is 38.6 Å². The summed E-state index contributed by atoms with van der Waals surface area (Å²) in [6, 6.07) is 0.664. The van der Waals surface area contributed by atoms with E-state index >= 15 is 0 Å². The van der Waals surface area contributed by atoms with E-state index in [1.54, 1.807) is 0 Å². The highest BCUT2D eigenvalue weighted by Crippen LogP contribution is 2.22. The molecule has 0 aromatic carbocycles. The Morgan fingerprint density at radius 3 is 2.25 bits per heavy atom. The molecule has 1 fully saturated rings. The van der Waals surface area contributed by atoms with Crippen LogP contribution < -0.4 is 5.32 Å². The summed E-state index contributed by atoms with van der Waals surface area (Å²) in [5.74, 6) is 0.978. The number of halogens is 1. The molecule has 0 atom stereocenters. The topological polar surface area (TPSA) is 12.0 Å². The van der Waals surface area contributed by atoms with Crippen molar-refractivity contribution in [2.24, 2.45) is 5.92 Å². The monoisotopic (exact) mass is 191 g/mol. The molecule has 0 saturated heterocycles. The molecule has 74 valence electrons. The van der Waals surface area contributed by atoms with Crippen LogP contribution in [0.15, 0.2) is 0 Å². The summed E-state index contributed by atoms with van der Waals surface area (Å²) in [5, 5.41) is 3.52. The molecule has 1 saturated carbocycles. The second kappa shape index (κ2) is 6.73. The molecular formula is C10H22ClN. The minimum Gasteiger partial charge on any atom is -0.314 e. The third-order valence-corrected chi connectivity index (χ3v) is 2.54. The first kappa shape index (κ1) is 12.2. The van der Waals surface area contributed by atoms with Crippen LogP contribution in [-0.2, 0) is 0 Å². The number of hydrogen-bond acceptors (Lipinski definition) is 1. The Labute approximate surface area is 82.7 Å². The van der Waals surface area contributed by atoms with Crippen LogP contribution in [0.2, 0.25) is 0 Å². The van der Waals surface area contributed by atoms with E-state index in [0.717, 1.165) is 5.92 Å². The number of nitrogens with one attached hydrogen (secondary N) is 1. The van der Waals surface area contributed by atoms with Crippen LogP contribution in [0.5, 0.6) is 0 Å². The highest BCUT2D eigenvalue weighted by atomic mass is 35.5. The van der Waals surface area contributed by atoms with Gasteiger partial charge >= 0.3 is 0 Å². The van der Waals surface area contributed by atoms with Gasteiger partial charge in [0, 0.05) is 6.04 Å². The highest BCUT2D eigenvalue weighted by molar-refractivity contribution is 5.85. The molecule has 1 aliphatic carbocycles. The van der Waals surface area contributed by atoms with E-state index in [-0.39, 0.29) is 12.4 Å². The van der Waals surface area contributed by atoms with Crippen molar-refractivity contribution in [2.45, 2.75) is 52.0 Å². The molecule has 0 unspecified atom stereocenters. The van der Waals surface area contributed by atoms with Crippen molar-refractivity contribution in [3.05, 3.63) is 0 Å². The van der Waals surface area contributed by atoms with Crippen LogP contribution in [0.25, 0.3) is 0 Å². The lowest BCUT2D eigenvalue weighted by molar-refractivity contribution is 0.334. The van der Waals surface area contributed by atoms with Gasteiger partial charge in [-0.05, 0) is 25.3 Å². The molecule has 0 aromatic heterocycles. The molecule has 0 aromatic rings. The van der Waals surface area contributed by atoms with Crippen LogP contribution >= 0.6 is 12.4 Å². The second-order valence-corrected chi connectivity index (χ2v) is 4.07. The van der Waals surface area contributed by atoms with Gasteiger partial charge in [0.25, 0.3) is 0 Å². The van der Waals surface area contributed by atoms with Crippen LogP contribution in [0, 0.1) is 5.92 Å². The van der Waals surface area contributed by atoms with E-state index in [9.17, 15) is 0 Å². The van der Waals surface area contributed by atoms with Crippen molar-refractivity contribution >= 4 is 12.4 Å². The average Bonchev–Trinajstić information content (AvgIpc) is 2.03. The molecule has 1 nitrogen and oxygen atoms in total. The van der Waals surface area contributed by atoms with Crippen molar-refractivity contribution < 1.29 is 0 Å². The third-order valence-electron chi connectivity index (χ3n) is 2.54. The minimum atomic E-state index is 0. The van der Waals surface area contributed by atoms with Crippen LogP contribution in [0.3, 0.4) is 0 Å². The Morgan fingerprint density at radius 1 is 1.17 bits per heavy atom. The zero-order chi connectivity index (χ0) is 8.10. The zero-order valence-corrected chi connectivity index (χ0v) is 9.12. The maximum Gasteiger partial charge on any atom is 0.00104 e. The lowest BCUT2D eigenvalue weighted by Crippen LogP contribution is -2.29. The molecule has 0 bridgehead atoms. The van der Waals surface area contributed by atoms with Gasteiger partial charge < -0.3 is 5.32 Å². The standard InChI is InChI=1S/C10H21N.ClH/c1-9(2)11-8-10-6-4-3-5-7-10;/h9-11H,3-8H2,1-2H3;1H. The van der Waals surface area contributed by atoms with E-state index in [1.807, 2.05) is 0 Å². The molecule has 0 spiro atoms. The quantitative estimate of drug-likeness (QED) is 0.724.